The molecular weight excluding hydrogens is 388 g/mol. The third kappa shape index (κ3) is 4.15. The molecule has 2 unspecified atom stereocenters. The first-order chi connectivity index (χ1) is 14.0. The van der Waals surface area contributed by atoms with Crippen LogP contribution in [0.1, 0.15) is 29.9 Å². The number of carbonyl (C=O) groups is 1. The molecule has 29 heavy (non-hydrogen) atoms. The van der Waals surface area contributed by atoms with E-state index in [1.165, 1.54) is 0 Å². The van der Waals surface area contributed by atoms with Crippen LogP contribution in [0.2, 0.25) is 0 Å². The van der Waals surface area contributed by atoms with Gasteiger partial charge in [-0.25, -0.2) is 8.42 Å². The van der Waals surface area contributed by atoms with Crippen LogP contribution in [0.3, 0.4) is 0 Å². The van der Waals surface area contributed by atoms with Gasteiger partial charge in [0, 0.05) is 35.5 Å². The highest BCUT2D eigenvalue weighted by Crippen LogP contribution is 2.37. The van der Waals surface area contributed by atoms with Crippen LogP contribution in [0.5, 0.6) is 5.75 Å². The van der Waals surface area contributed by atoms with Crippen LogP contribution < -0.4 is 10.1 Å². The number of fused-ring (bicyclic) bond motifs is 1. The van der Waals surface area contributed by atoms with E-state index >= 15 is 0 Å². The van der Waals surface area contributed by atoms with Gasteiger partial charge < -0.3 is 15.0 Å². The van der Waals surface area contributed by atoms with Crippen LogP contribution in [-0.4, -0.2) is 44.0 Å². The normalized spacial score (nSPS) is 19.1. The number of H-pyrrole nitrogens is 1. The van der Waals surface area contributed by atoms with Gasteiger partial charge in [-0.3, -0.25) is 4.79 Å². The Morgan fingerprint density at radius 2 is 2.00 bits per heavy atom. The molecule has 1 amide bonds. The Labute approximate surface area is 170 Å². The van der Waals surface area contributed by atoms with Gasteiger partial charge in [0.2, 0.25) is 5.91 Å². The third-order valence-electron chi connectivity index (χ3n) is 5.48. The Morgan fingerprint density at radius 3 is 2.69 bits per heavy atom. The molecule has 2 N–H and O–H groups in total. The fraction of sp³-hybridized carbons (Fsp3) is 0.318. The van der Waals surface area contributed by atoms with Crippen molar-refractivity contribution in [3.63, 3.8) is 0 Å². The number of ether oxygens (including phenoxy) is 1. The van der Waals surface area contributed by atoms with Crippen molar-refractivity contribution in [2.75, 3.05) is 18.6 Å². The zero-order valence-electron chi connectivity index (χ0n) is 16.2. The molecule has 1 fully saturated rings. The van der Waals surface area contributed by atoms with Gasteiger partial charge in [0.1, 0.15) is 5.75 Å². The number of benzene rings is 2. The predicted octanol–water partition coefficient (Wildman–Crippen LogP) is 3.00. The number of methoxy groups -OCH3 is 1. The van der Waals surface area contributed by atoms with Gasteiger partial charge in [-0.1, -0.05) is 36.4 Å². The average molecular weight is 413 g/mol. The summed E-state index contributed by atoms with van der Waals surface area (Å²) in [4.78, 5) is 16.1. The molecule has 4 rings (SSSR count). The van der Waals surface area contributed by atoms with Crippen molar-refractivity contribution in [3.05, 3.63) is 65.9 Å². The lowest BCUT2D eigenvalue weighted by atomic mass is 9.87. The topological polar surface area (TPSA) is 88.3 Å². The van der Waals surface area contributed by atoms with Crippen LogP contribution in [0.15, 0.2) is 54.7 Å². The summed E-state index contributed by atoms with van der Waals surface area (Å²) in [6, 6.07) is 15.4. The van der Waals surface area contributed by atoms with Crippen molar-refractivity contribution < 1.29 is 17.9 Å². The molecule has 0 radical (unpaired) electrons. The molecule has 0 saturated carbocycles. The Hall–Kier alpha value is -2.80. The van der Waals surface area contributed by atoms with Crippen LogP contribution in [0.4, 0.5) is 0 Å². The first kappa shape index (κ1) is 19.5. The molecular formula is C22H24N2O4S. The van der Waals surface area contributed by atoms with Gasteiger partial charge >= 0.3 is 0 Å². The number of rotatable bonds is 6. The largest absolute Gasteiger partial charge is 0.496 e. The molecule has 1 aliphatic rings. The third-order valence-corrected chi connectivity index (χ3v) is 7.25. The van der Waals surface area contributed by atoms with Crippen LogP contribution >= 0.6 is 0 Å². The molecule has 1 aliphatic heterocycles. The first-order valence-corrected chi connectivity index (χ1v) is 11.5. The van der Waals surface area contributed by atoms with Crippen LogP contribution in [-0.2, 0) is 14.6 Å². The van der Waals surface area contributed by atoms with Crippen molar-refractivity contribution in [2.45, 2.75) is 24.8 Å². The number of amides is 1. The van der Waals surface area contributed by atoms with Crippen molar-refractivity contribution in [1.29, 1.82) is 0 Å². The summed E-state index contributed by atoms with van der Waals surface area (Å²) < 4.78 is 29.0. The Balaban J connectivity index is 1.66. The Kier molecular flexibility index (Phi) is 5.32. The van der Waals surface area contributed by atoms with E-state index in [4.69, 9.17) is 4.74 Å². The summed E-state index contributed by atoms with van der Waals surface area (Å²) in [5.41, 5.74) is 2.95. The van der Waals surface area contributed by atoms with Gasteiger partial charge in [-0.2, -0.15) is 0 Å². The molecule has 3 aromatic rings. The van der Waals surface area contributed by atoms with E-state index in [1.54, 1.807) is 7.11 Å². The number of aromatic nitrogens is 1. The zero-order chi connectivity index (χ0) is 20.4. The second-order valence-electron chi connectivity index (χ2n) is 7.46. The lowest BCUT2D eigenvalue weighted by Crippen LogP contribution is -2.36. The molecule has 2 atom stereocenters. The minimum atomic E-state index is -3.04. The highest BCUT2D eigenvalue weighted by atomic mass is 32.2. The molecule has 7 heteroatoms. The van der Waals surface area contributed by atoms with Gasteiger partial charge in [0.15, 0.2) is 9.84 Å². The van der Waals surface area contributed by atoms with E-state index < -0.39 is 9.84 Å². The van der Waals surface area contributed by atoms with E-state index in [2.05, 4.69) is 10.3 Å². The van der Waals surface area contributed by atoms with Crippen molar-refractivity contribution in [1.82, 2.24) is 10.3 Å². The summed E-state index contributed by atoms with van der Waals surface area (Å²) in [6.07, 6.45) is 2.63. The second kappa shape index (κ2) is 7.91. The number of carbonyl (C=O) groups excluding carboxylic acids is 1. The maximum absolute atomic E-state index is 12.8. The molecule has 1 saturated heterocycles. The fourth-order valence-electron chi connectivity index (χ4n) is 4.10. The van der Waals surface area contributed by atoms with Crippen LogP contribution in [0.25, 0.3) is 10.9 Å². The highest BCUT2D eigenvalue weighted by Gasteiger charge is 2.30. The standard InChI is InChI=1S/C22H24N2O4S/c1-28-20-9-5-8-19-22(20)18(13-23-19)17(15-6-3-2-4-7-15)12-21(25)24-16-10-11-29(26,27)14-16/h2-9,13,16-17,23H,10-12,14H2,1H3,(H,24,25). The minimum Gasteiger partial charge on any atom is -0.496 e. The molecule has 6 nitrogen and oxygen atoms in total. The molecule has 0 bridgehead atoms. The van der Waals surface area contributed by atoms with E-state index in [0.29, 0.717) is 6.42 Å². The van der Waals surface area contributed by atoms with Crippen molar-refractivity contribution in [2.24, 2.45) is 0 Å². The first-order valence-electron chi connectivity index (χ1n) is 9.65. The van der Waals surface area contributed by atoms with Gasteiger partial charge in [-0.05, 0) is 29.7 Å². The lowest BCUT2D eigenvalue weighted by Gasteiger charge is -2.19. The van der Waals surface area contributed by atoms with Gasteiger partial charge in [0.05, 0.1) is 18.6 Å². The average Bonchev–Trinajstić information content (AvgIpc) is 3.29. The molecule has 0 aliphatic carbocycles. The molecule has 2 aromatic carbocycles. The van der Waals surface area contributed by atoms with Crippen molar-refractivity contribution in [3.8, 4) is 5.75 Å². The predicted molar refractivity (Wildman–Crippen MR) is 113 cm³/mol. The number of nitrogens with one attached hydrogen (secondary N) is 2. The monoisotopic (exact) mass is 412 g/mol. The molecule has 152 valence electrons. The maximum Gasteiger partial charge on any atom is 0.221 e. The summed E-state index contributed by atoms with van der Waals surface area (Å²) in [5.74, 6) is 0.585. The molecule has 0 spiro atoms. The lowest BCUT2D eigenvalue weighted by molar-refractivity contribution is -0.121. The quantitative estimate of drug-likeness (QED) is 0.651. The molecule has 1 aromatic heterocycles. The molecule has 2 heterocycles. The SMILES string of the molecule is COc1cccc2[nH]cc(C(CC(=O)NC3CCS(=O)(=O)C3)c3ccccc3)c12. The van der Waals surface area contributed by atoms with Gasteiger partial charge in [0.25, 0.3) is 0 Å². The number of hydrogen-bond acceptors (Lipinski definition) is 4. The fourth-order valence-corrected chi connectivity index (χ4v) is 5.77. The van der Waals surface area contributed by atoms with Gasteiger partial charge in [-0.15, -0.1) is 0 Å². The summed E-state index contributed by atoms with van der Waals surface area (Å²) >= 11 is 0. The van der Waals surface area contributed by atoms with E-state index in [-0.39, 0.29) is 35.8 Å². The zero-order valence-corrected chi connectivity index (χ0v) is 17.0. The second-order valence-corrected chi connectivity index (χ2v) is 9.69. The number of sulfone groups is 1. The Bertz CT molecular complexity index is 1120. The summed E-state index contributed by atoms with van der Waals surface area (Å²) in [7, 11) is -1.40. The highest BCUT2D eigenvalue weighted by molar-refractivity contribution is 7.91. The smallest absolute Gasteiger partial charge is 0.221 e. The minimum absolute atomic E-state index is 0.0235. The summed E-state index contributed by atoms with van der Waals surface area (Å²) in [6.45, 7) is 0. The van der Waals surface area contributed by atoms with Crippen molar-refractivity contribution >= 4 is 26.6 Å². The van der Waals surface area contributed by atoms with Crippen LogP contribution in [0, 0.1) is 0 Å². The van der Waals surface area contributed by atoms with E-state index in [0.717, 1.165) is 27.8 Å². The number of aromatic amines is 1. The van der Waals surface area contributed by atoms with E-state index in [9.17, 15) is 13.2 Å². The Morgan fingerprint density at radius 1 is 1.21 bits per heavy atom. The number of hydrogen-bond donors (Lipinski definition) is 2. The van der Waals surface area contributed by atoms with E-state index in [1.807, 2.05) is 54.7 Å². The maximum atomic E-state index is 12.8. The summed E-state index contributed by atoms with van der Waals surface area (Å²) in [5, 5.41) is 3.87.